The van der Waals surface area contributed by atoms with Gasteiger partial charge in [0.15, 0.2) is 0 Å². The van der Waals surface area contributed by atoms with Crippen molar-refractivity contribution >= 4 is 36.4 Å². The molecule has 2 heterocycles. The number of amides is 1. The average molecular weight is 384 g/mol. The van der Waals surface area contributed by atoms with Crippen molar-refractivity contribution in [2.24, 2.45) is 0 Å². The van der Waals surface area contributed by atoms with E-state index in [1.165, 1.54) is 0 Å². The Hall–Kier alpha value is -1.66. The Labute approximate surface area is 160 Å². The third-order valence-electron chi connectivity index (χ3n) is 3.81. The van der Waals surface area contributed by atoms with E-state index >= 15 is 0 Å². The van der Waals surface area contributed by atoms with Crippen LogP contribution >= 0.6 is 24.8 Å². The Morgan fingerprint density at radius 2 is 1.80 bits per heavy atom. The Balaban J connectivity index is 0.00000156. The number of carbonyl (C=O) groups is 1. The van der Waals surface area contributed by atoms with Crippen molar-refractivity contribution in [2.45, 2.75) is 20.0 Å². The molecule has 0 aliphatic carbocycles. The van der Waals surface area contributed by atoms with Crippen molar-refractivity contribution in [2.75, 3.05) is 25.0 Å². The van der Waals surface area contributed by atoms with Gasteiger partial charge in [0.05, 0.1) is 12.7 Å². The molecule has 25 heavy (non-hydrogen) atoms. The lowest BCUT2D eigenvalue weighted by Crippen LogP contribution is -2.33. The van der Waals surface area contributed by atoms with E-state index in [0.717, 1.165) is 42.3 Å². The first-order valence-electron chi connectivity index (χ1n) is 7.81. The summed E-state index contributed by atoms with van der Waals surface area (Å²) in [4.78, 5) is 16.6. The lowest BCUT2D eigenvalue weighted by Gasteiger charge is -2.24. The second-order valence-corrected chi connectivity index (χ2v) is 5.78. The zero-order chi connectivity index (χ0) is 16.2. The van der Waals surface area contributed by atoms with Crippen LogP contribution in [0.5, 0.6) is 0 Å². The number of pyridine rings is 1. The van der Waals surface area contributed by atoms with Gasteiger partial charge in [0, 0.05) is 35.7 Å². The van der Waals surface area contributed by atoms with E-state index in [0.29, 0.717) is 5.56 Å². The summed E-state index contributed by atoms with van der Waals surface area (Å²) in [5, 5.41) is 6.23. The first kappa shape index (κ1) is 21.4. The first-order valence-corrected chi connectivity index (χ1v) is 7.81. The lowest BCUT2D eigenvalue weighted by molar-refractivity contribution is 0.0277. The van der Waals surface area contributed by atoms with E-state index in [1.54, 1.807) is 12.1 Å². The molecule has 2 N–H and O–H groups in total. The van der Waals surface area contributed by atoms with Gasteiger partial charge >= 0.3 is 0 Å². The second kappa shape index (κ2) is 9.73. The highest BCUT2D eigenvalue weighted by atomic mass is 35.5. The molecule has 0 bridgehead atoms. The Morgan fingerprint density at radius 3 is 2.36 bits per heavy atom. The van der Waals surface area contributed by atoms with Crippen LogP contribution in [0.1, 0.15) is 33.4 Å². The third kappa shape index (κ3) is 5.68. The summed E-state index contributed by atoms with van der Waals surface area (Å²) in [7, 11) is 0. The summed E-state index contributed by atoms with van der Waals surface area (Å²) < 4.78 is 5.72. The molecule has 1 saturated heterocycles. The average Bonchev–Trinajstić information content (AvgIpc) is 2.55. The van der Waals surface area contributed by atoms with Gasteiger partial charge in [-0.1, -0.05) is 12.1 Å². The molecule has 2 aromatic rings. The number of morpholine rings is 1. The minimum absolute atomic E-state index is 0. The number of benzene rings is 1. The Morgan fingerprint density at radius 1 is 1.16 bits per heavy atom. The number of nitrogens with zero attached hydrogens (tertiary/aromatic N) is 1. The van der Waals surface area contributed by atoms with Crippen molar-refractivity contribution in [3.05, 3.63) is 58.9 Å². The summed E-state index contributed by atoms with van der Waals surface area (Å²) in [6.45, 7) is 6.22. The van der Waals surface area contributed by atoms with Gasteiger partial charge in [-0.15, -0.1) is 24.8 Å². The van der Waals surface area contributed by atoms with Gasteiger partial charge in [-0.2, -0.15) is 0 Å². The fourth-order valence-corrected chi connectivity index (χ4v) is 2.73. The number of hydrogen-bond donors (Lipinski definition) is 2. The van der Waals surface area contributed by atoms with Crippen molar-refractivity contribution < 1.29 is 9.53 Å². The molecule has 0 spiro atoms. The van der Waals surface area contributed by atoms with E-state index in [1.807, 2.05) is 38.1 Å². The monoisotopic (exact) mass is 383 g/mol. The molecule has 1 aliphatic rings. The van der Waals surface area contributed by atoms with E-state index in [-0.39, 0.29) is 36.8 Å². The number of anilines is 1. The largest absolute Gasteiger partial charge is 0.371 e. The number of nitrogens with one attached hydrogen (secondary N) is 2. The predicted molar refractivity (Wildman–Crippen MR) is 104 cm³/mol. The smallest absolute Gasteiger partial charge is 0.255 e. The van der Waals surface area contributed by atoms with Crippen molar-refractivity contribution in [3.63, 3.8) is 0 Å². The molecule has 1 unspecified atom stereocenters. The standard InChI is InChI=1S/C18H21N3O2.2ClH/c1-12-9-15(10-13(2)20-12)18(22)21-16-5-3-14(4-6-16)17-11-19-7-8-23-17;;/h3-6,9-10,17,19H,7-8,11H2,1-2H3,(H,21,22);2*1H. The van der Waals surface area contributed by atoms with Crippen LogP contribution in [-0.4, -0.2) is 30.6 Å². The van der Waals surface area contributed by atoms with Crippen molar-refractivity contribution in [1.82, 2.24) is 10.3 Å². The second-order valence-electron chi connectivity index (χ2n) is 5.78. The van der Waals surface area contributed by atoms with Crippen LogP contribution in [0, 0.1) is 13.8 Å². The molecule has 5 nitrogen and oxygen atoms in total. The van der Waals surface area contributed by atoms with Gasteiger partial charge < -0.3 is 15.4 Å². The molecule has 3 rings (SSSR count). The minimum atomic E-state index is -0.123. The normalized spacial score (nSPS) is 16.3. The molecule has 0 saturated carbocycles. The lowest BCUT2D eigenvalue weighted by atomic mass is 10.1. The summed E-state index contributed by atoms with van der Waals surface area (Å²) in [6.07, 6.45) is 0.0824. The van der Waals surface area contributed by atoms with Crippen molar-refractivity contribution in [1.29, 1.82) is 0 Å². The van der Waals surface area contributed by atoms with Gasteiger partial charge in [0.1, 0.15) is 0 Å². The maximum Gasteiger partial charge on any atom is 0.255 e. The number of halogens is 2. The fraction of sp³-hybridized carbons (Fsp3) is 0.333. The van der Waals surface area contributed by atoms with E-state index in [9.17, 15) is 4.79 Å². The van der Waals surface area contributed by atoms with E-state index in [2.05, 4.69) is 15.6 Å². The fourth-order valence-electron chi connectivity index (χ4n) is 2.73. The van der Waals surface area contributed by atoms with Gasteiger partial charge in [-0.25, -0.2) is 0 Å². The maximum atomic E-state index is 12.3. The molecule has 1 fully saturated rings. The molecular weight excluding hydrogens is 361 g/mol. The summed E-state index contributed by atoms with van der Waals surface area (Å²) in [5.41, 5.74) is 4.19. The van der Waals surface area contributed by atoms with Gasteiger partial charge in [0.2, 0.25) is 0 Å². The maximum absolute atomic E-state index is 12.3. The van der Waals surface area contributed by atoms with Crippen LogP contribution in [0.3, 0.4) is 0 Å². The SMILES string of the molecule is Cc1cc(C(=O)Nc2ccc(C3CNCCO3)cc2)cc(C)n1.Cl.Cl. The van der Waals surface area contributed by atoms with E-state index < -0.39 is 0 Å². The van der Waals surface area contributed by atoms with Crippen LogP contribution in [0.25, 0.3) is 0 Å². The van der Waals surface area contributed by atoms with Crippen LogP contribution in [-0.2, 0) is 4.74 Å². The first-order chi connectivity index (χ1) is 11.1. The molecule has 1 aliphatic heterocycles. The van der Waals surface area contributed by atoms with Crippen LogP contribution < -0.4 is 10.6 Å². The number of aromatic nitrogens is 1. The molecule has 1 amide bonds. The highest BCUT2D eigenvalue weighted by molar-refractivity contribution is 6.04. The molecular formula is C18H23Cl2N3O2. The highest BCUT2D eigenvalue weighted by Gasteiger charge is 2.15. The zero-order valence-electron chi connectivity index (χ0n) is 14.2. The van der Waals surface area contributed by atoms with Gasteiger partial charge in [0.25, 0.3) is 5.91 Å². The summed E-state index contributed by atoms with van der Waals surface area (Å²) in [6, 6.07) is 11.4. The Bertz CT molecular complexity index is 682. The van der Waals surface area contributed by atoms with E-state index in [4.69, 9.17) is 4.74 Å². The van der Waals surface area contributed by atoms with Gasteiger partial charge in [-0.05, 0) is 43.7 Å². The topological polar surface area (TPSA) is 63.2 Å². The molecule has 7 heteroatoms. The molecule has 136 valence electrons. The molecule has 1 aromatic carbocycles. The minimum Gasteiger partial charge on any atom is -0.371 e. The number of ether oxygens (including phenoxy) is 1. The third-order valence-corrected chi connectivity index (χ3v) is 3.81. The van der Waals surface area contributed by atoms with Gasteiger partial charge in [-0.3, -0.25) is 9.78 Å². The van der Waals surface area contributed by atoms with Crippen LogP contribution in [0.2, 0.25) is 0 Å². The Kier molecular flexibility index (Phi) is 8.32. The predicted octanol–water partition coefficient (Wildman–Crippen LogP) is 3.46. The molecule has 0 radical (unpaired) electrons. The molecule has 1 atom stereocenters. The highest BCUT2D eigenvalue weighted by Crippen LogP contribution is 2.21. The summed E-state index contributed by atoms with van der Waals surface area (Å²) in [5.74, 6) is -0.123. The molecule has 1 aromatic heterocycles. The summed E-state index contributed by atoms with van der Waals surface area (Å²) >= 11 is 0. The quantitative estimate of drug-likeness (QED) is 0.851. The van der Waals surface area contributed by atoms with Crippen LogP contribution in [0.15, 0.2) is 36.4 Å². The van der Waals surface area contributed by atoms with Crippen molar-refractivity contribution in [3.8, 4) is 0 Å². The number of carbonyl (C=O) groups excluding carboxylic acids is 1. The van der Waals surface area contributed by atoms with Crippen LogP contribution in [0.4, 0.5) is 5.69 Å². The number of rotatable bonds is 3. The number of hydrogen-bond acceptors (Lipinski definition) is 4. The number of aryl methyl sites for hydroxylation is 2. The zero-order valence-corrected chi connectivity index (χ0v) is 15.9.